The van der Waals surface area contributed by atoms with Crippen molar-refractivity contribution in [3.05, 3.63) is 28.8 Å². The quantitative estimate of drug-likeness (QED) is 0.763. The summed E-state index contributed by atoms with van der Waals surface area (Å²) in [6, 6.07) is 3.01. The standard InChI is InChI=1S/C17H22ClF3N2O4/c1-16(2,3)27-15(25)23(7-8-26-4)10-14(24)22-11-5-6-13(18)12(9-11)17(19,20)21/h5-6,9H,7-8,10H2,1-4H3,(H,22,24). The number of halogens is 4. The zero-order chi connectivity index (χ0) is 20.8. The monoisotopic (exact) mass is 410 g/mol. The Hall–Kier alpha value is -2.00. The van der Waals surface area contributed by atoms with Crippen LogP contribution < -0.4 is 5.32 Å². The first-order valence-electron chi connectivity index (χ1n) is 7.97. The van der Waals surface area contributed by atoms with E-state index >= 15 is 0 Å². The second kappa shape index (κ2) is 9.27. The van der Waals surface area contributed by atoms with Crippen molar-refractivity contribution in [3.63, 3.8) is 0 Å². The molecule has 27 heavy (non-hydrogen) atoms. The average Bonchev–Trinajstić information content (AvgIpc) is 2.50. The lowest BCUT2D eigenvalue weighted by molar-refractivity contribution is -0.137. The number of hydrogen-bond acceptors (Lipinski definition) is 4. The molecule has 0 aliphatic carbocycles. The van der Waals surface area contributed by atoms with Crippen LogP contribution in [0, 0.1) is 0 Å². The van der Waals surface area contributed by atoms with E-state index < -0.39 is 40.9 Å². The van der Waals surface area contributed by atoms with Gasteiger partial charge in [-0.2, -0.15) is 13.2 Å². The van der Waals surface area contributed by atoms with E-state index in [0.29, 0.717) is 0 Å². The van der Waals surface area contributed by atoms with Crippen LogP contribution in [-0.4, -0.2) is 49.3 Å². The number of nitrogens with zero attached hydrogens (tertiary/aromatic N) is 1. The maximum Gasteiger partial charge on any atom is 0.417 e. The fraction of sp³-hybridized carbons (Fsp3) is 0.529. The Labute approximate surface area is 160 Å². The van der Waals surface area contributed by atoms with E-state index in [1.54, 1.807) is 20.8 Å². The van der Waals surface area contributed by atoms with Crippen LogP contribution in [0.25, 0.3) is 0 Å². The number of alkyl halides is 3. The van der Waals surface area contributed by atoms with Crippen molar-refractivity contribution in [1.29, 1.82) is 0 Å². The molecule has 10 heteroatoms. The largest absolute Gasteiger partial charge is 0.444 e. The number of rotatable bonds is 6. The molecule has 1 rings (SSSR count). The van der Waals surface area contributed by atoms with Gasteiger partial charge in [0.15, 0.2) is 0 Å². The highest BCUT2D eigenvalue weighted by molar-refractivity contribution is 6.31. The number of carbonyl (C=O) groups excluding carboxylic acids is 2. The van der Waals surface area contributed by atoms with Crippen LogP contribution in [0.1, 0.15) is 26.3 Å². The molecule has 1 aromatic rings. The fourth-order valence-electron chi connectivity index (χ4n) is 1.96. The lowest BCUT2D eigenvalue weighted by Gasteiger charge is -2.27. The van der Waals surface area contributed by atoms with E-state index in [-0.39, 0.29) is 18.8 Å². The van der Waals surface area contributed by atoms with Gasteiger partial charge in [-0.05, 0) is 39.0 Å². The second-order valence-corrected chi connectivity index (χ2v) is 7.04. The van der Waals surface area contributed by atoms with Crippen LogP contribution >= 0.6 is 11.6 Å². The summed E-state index contributed by atoms with van der Waals surface area (Å²) < 4.78 is 48.8. The van der Waals surface area contributed by atoms with E-state index in [1.807, 2.05) is 0 Å². The van der Waals surface area contributed by atoms with Crippen molar-refractivity contribution in [2.24, 2.45) is 0 Å². The zero-order valence-electron chi connectivity index (χ0n) is 15.4. The van der Waals surface area contributed by atoms with Crippen molar-refractivity contribution < 1.29 is 32.2 Å². The molecule has 2 amide bonds. The van der Waals surface area contributed by atoms with E-state index in [1.165, 1.54) is 13.2 Å². The Morgan fingerprint density at radius 3 is 2.37 bits per heavy atom. The van der Waals surface area contributed by atoms with Gasteiger partial charge in [0.1, 0.15) is 12.1 Å². The van der Waals surface area contributed by atoms with E-state index in [9.17, 15) is 22.8 Å². The molecule has 0 saturated heterocycles. The molecule has 1 N–H and O–H groups in total. The molecule has 0 aromatic heterocycles. The summed E-state index contributed by atoms with van der Waals surface area (Å²) in [5, 5.41) is 1.84. The van der Waals surface area contributed by atoms with Crippen molar-refractivity contribution >= 4 is 29.3 Å². The topological polar surface area (TPSA) is 67.9 Å². The van der Waals surface area contributed by atoms with Crippen LogP contribution in [0.3, 0.4) is 0 Å². The third kappa shape index (κ3) is 8.04. The molecule has 0 fully saturated rings. The molecule has 1 aromatic carbocycles. The normalized spacial score (nSPS) is 11.9. The predicted molar refractivity (Wildman–Crippen MR) is 94.8 cm³/mol. The minimum Gasteiger partial charge on any atom is -0.444 e. The van der Waals surface area contributed by atoms with Crippen molar-refractivity contribution in [1.82, 2.24) is 4.90 Å². The van der Waals surface area contributed by atoms with Gasteiger partial charge in [0.25, 0.3) is 0 Å². The number of methoxy groups -OCH3 is 1. The van der Waals surface area contributed by atoms with Crippen molar-refractivity contribution in [2.45, 2.75) is 32.5 Å². The summed E-state index contributed by atoms with van der Waals surface area (Å²) >= 11 is 5.55. The zero-order valence-corrected chi connectivity index (χ0v) is 16.2. The summed E-state index contributed by atoms with van der Waals surface area (Å²) in [5.41, 5.74) is -1.92. The molecule has 0 aliphatic rings. The summed E-state index contributed by atoms with van der Waals surface area (Å²) in [6.07, 6.45) is -5.39. The molecule has 6 nitrogen and oxygen atoms in total. The molecule has 0 radical (unpaired) electrons. The van der Waals surface area contributed by atoms with Gasteiger partial charge in [-0.15, -0.1) is 0 Å². The molecule has 152 valence electrons. The number of nitrogens with one attached hydrogen (secondary N) is 1. The van der Waals surface area contributed by atoms with Crippen LogP contribution in [0.5, 0.6) is 0 Å². The maximum absolute atomic E-state index is 12.9. The van der Waals surface area contributed by atoms with Crippen LogP contribution in [0.4, 0.5) is 23.7 Å². The van der Waals surface area contributed by atoms with Crippen molar-refractivity contribution in [2.75, 3.05) is 32.1 Å². The third-order valence-corrected chi connectivity index (χ3v) is 3.44. The highest BCUT2D eigenvalue weighted by Gasteiger charge is 2.33. The molecule has 0 saturated carbocycles. The number of ether oxygens (including phenoxy) is 2. The smallest absolute Gasteiger partial charge is 0.417 e. The molecule has 0 aliphatic heterocycles. The Morgan fingerprint density at radius 2 is 1.85 bits per heavy atom. The minimum atomic E-state index is -4.65. The SMILES string of the molecule is COCCN(CC(=O)Nc1ccc(Cl)c(C(F)(F)F)c1)C(=O)OC(C)(C)C. The lowest BCUT2D eigenvalue weighted by Crippen LogP contribution is -2.42. The first kappa shape index (κ1) is 23.0. The van der Waals surface area contributed by atoms with Gasteiger partial charge in [0, 0.05) is 19.3 Å². The van der Waals surface area contributed by atoms with Crippen LogP contribution in [0.2, 0.25) is 5.02 Å². The summed E-state index contributed by atoms with van der Waals surface area (Å²) in [7, 11) is 1.43. The summed E-state index contributed by atoms with van der Waals surface area (Å²) in [6.45, 7) is 4.84. The lowest BCUT2D eigenvalue weighted by atomic mass is 10.2. The Morgan fingerprint density at radius 1 is 1.22 bits per heavy atom. The van der Waals surface area contributed by atoms with E-state index in [4.69, 9.17) is 21.1 Å². The Kier molecular flexibility index (Phi) is 7.91. The summed E-state index contributed by atoms with van der Waals surface area (Å²) in [4.78, 5) is 25.5. The molecule has 0 heterocycles. The molecular formula is C17H22ClF3N2O4. The first-order chi connectivity index (χ1) is 12.3. The first-order valence-corrected chi connectivity index (χ1v) is 8.34. The molecule has 0 unspecified atom stereocenters. The number of benzene rings is 1. The Bertz CT molecular complexity index is 675. The van der Waals surface area contributed by atoms with Gasteiger partial charge in [0.2, 0.25) is 5.91 Å². The second-order valence-electron chi connectivity index (χ2n) is 6.64. The van der Waals surface area contributed by atoms with Gasteiger partial charge in [-0.25, -0.2) is 4.79 Å². The fourth-order valence-corrected chi connectivity index (χ4v) is 2.18. The number of anilines is 1. The van der Waals surface area contributed by atoms with Gasteiger partial charge >= 0.3 is 12.3 Å². The van der Waals surface area contributed by atoms with Gasteiger partial charge < -0.3 is 14.8 Å². The maximum atomic E-state index is 12.9. The van der Waals surface area contributed by atoms with Gasteiger partial charge in [0.05, 0.1) is 17.2 Å². The number of amides is 2. The highest BCUT2D eigenvalue weighted by atomic mass is 35.5. The highest BCUT2D eigenvalue weighted by Crippen LogP contribution is 2.36. The van der Waals surface area contributed by atoms with E-state index in [0.717, 1.165) is 17.0 Å². The van der Waals surface area contributed by atoms with Gasteiger partial charge in [-0.3, -0.25) is 9.69 Å². The molecule has 0 bridgehead atoms. The van der Waals surface area contributed by atoms with Gasteiger partial charge in [-0.1, -0.05) is 11.6 Å². The molecule has 0 atom stereocenters. The number of hydrogen-bond donors (Lipinski definition) is 1. The average molecular weight is 411 g/mol. The Balaban J connectivity index is 2.86. The van der Waals surface area contributed by atoms with Crippen molar-refractivity contribution in [3.8, 4) is 0 Å². The third-order valence-electron chi connectivity index (χ3n) is 3.11. The van der Waals surface area contributed by atoms with E-state index in [2.05, 4.69) is 5.32 Å². The minimum absolute atomic E-state index is 0.0766. The molecular weight excluding hydrogens is 389 g/mol. The number of carbonyl (C=O) groups is 2. The summed E-state index contributed by atoms with van der Waals surface area (Å²) in [5.74, 6) is -0.688. The van der Waals surface area contributed by atoms with Crippen LogP contribution in [0.15, 0.2) is 18.2 Å². The predicted octanol–water partition coefficient (Wildman–Crippen LogP) is 4.18. The molecule has 0 spiro atoms. The van der Waals surface area contributed by atoms with Crippen LogP contribution in [-0.2, 0) is 20.4 Å².